The second kappa shape index (κ2) is 6.68. The van der Waals surface area contributed by atoms with E-state index in [4.69, 9.17) is 0 Å². The molecule has 0 aliphatic heterocycles. The van der Waals surface area contributed by atoms with E-state index < -0.39 is 21.8 Å². The first kappa shape index (κ1) is 16.7. The van der Waals surface area contributed by atoms with E-state index in [0.29, 0.717) is 10.9 Å². The summed E-state index contributed by atoms with van der Waals surface area (Å²) in [6, 6.07) is 27.1. The minimum absolute atomic E-state index is 0.625. The van der Waals surface area contributed by atoms with Gasteiger partial charge >= 0.3 is 175 Å². The third kappa shape index (κ3) is 2.53. The maximum absolute atomic E-state index is 2.53. The van der Waals surface area contributed by atoms with Crippen LogP contribution in [-0.4, -0.2) is 0 Å². The Balaban J connectivity index is 1.51. The zero-order chi connectivity index (χ0) is 18.5. The van der Waals surface area contributed by atoms with Gasteiger partial charge in [-0.2, -0.15) is 0 Å². The fraction of sp³-hybridized carbons (Fsp3) is 0.111. The van der Waals surface area contributed by atoms with E-state index in [-0.39, 0.29) is 0 Å². The molecule has 28 heavy (non-hydrogen) atoms. The molecular weight excluding hydrogens is 416 g/mol. The van der Waals surface area contributed by atoms with Crippen LogP contribution in [0.4, 0.5) is 0 Å². The molecule has 3 aliphatic rings. The van der Waals surface area contributed by atoms with Gasteiger partial charge in [0.2, 0.25) is 0 Å². The first-order valence-electron chi connectivity index (χ1n) is 10.1. The first-order valence-corrected chi connectivity index (χ1v) is 14.3. The zero-order valence-corrected chi connectivity index (χ0v) is 18.1. The standard InChI is InChI=1S/3C9H7.Zr/c3*1-2-5-9-7-3-6-8(9)4-1;/h3*1-7H;. The van der Waals surface area contributed by atoms with Gasteiger partial charge in [0.05, 0.1) is 0 Å². The second-order valence-corrected chi connectivity index (χ2v) is 14.9. The summed E-state index contributed by atoms with van der Waals surface area (Å²) < 4.78 is 1.88. The van der Waals surface area contributed by atoms with Gasteiger partial charge in [-0.1, -0.05) is 0 Å². The molecule has 3 aliphatic carbocycles. The summed E-state index contributed by atoms with van der Waals surface area (Å²) >= 11 is -2.13. The van der Waals surface area contributed by atoms with Gasteiger partial charge in [-0.05, 0) is 0 Å². The van der Waals surface area contributed by atoms with Gasteiger partial charge < -0.3 is 0 Å². The van der Waals surface area contributed by atoms with E-state index in [1.165, 1.54) is 16.7 Å². The van der Waals surface area contributed by atoms with E-state index in [9.17, 15) is 0 Å². The van der Waals surface area contributed by atoms with Gasteiger partial charge in [-0.15, -0.1) is 0 Å². The van der Waals surface area contributed by atoms with E-state index in [2.05, 4.69) is 109 Å². The molecule has 6 rings (SSSR count). The van der Waals surface area contributed by atoms with Crippen molar-refractivity contribution in [1.29, 1.82) is 0 Å². The fourth-order valence-electron chi connectivity index (χ4n) is 5.20. The summed E-state index contributed by atoms with van der Waals surface area (Å²) in [4.78, 5) is 0. The summed E-state index contributed by atoms with van der Waals surface area (Å²) in [5.74, 6) is 0. The zero-order valence-electron chi connectivity index (χ0n) is 15.6. The Morgan fingerprint density at radius 1 is 0.429 bits per heavy atom. The van der Waals surface area contributed by atoms with Crippen molar-refractivity contribution >= 4 is 18.2 Å². The van der Waals surface area contributed by atoms with Crippen molar-refractivity contribution in [2.75, 3.05) is 0 Å². The first-order chi connectivity index (χ1) is 13.9. The summed E-state index contributed by atoms with van der Waals surface area (Å²) in [5, 5.41) is 0. The molecule has 133 valence electrons. The number of fused-ring (bicyclic) bond motifs is 3. The molecule has 0 aromatic heterocycles. The predicted octanol–water partition coefficient (Wildman–Crippen LogP) is 6.91. The number of rotatable bonds is 3. The summed E-state index contributed by atoms with van der Waals surface area (Å²) in [6.07, 6.45) is 14.7. The average molecular weight is 437 g/mol. The SMILES string of the molecule is C1=C[CH]([Zr]([CH]2C=Cc3ccccc32)[CH]2C=Cc3ccccc32)c2ccccc21. The van der Waals surface area contributed by atoms with Gasteiger partial charge in [0.1, 0.15) is 0 Å². The van der Waals surface area contributed by atoms with Crippen molar-refractivity contribution in [3.8, 4) is 0 Å². The monoisotopic (exact) mass is 435 g/mol. The Hall–Kier alpha value is -2.24. The number of benzene rings is 3. The van der Waals surface area contributed by atoms with Crippen LogP contribution in [0, 0.1) is 0 Å². The van der Waals surface area contributed by atoms with Crippen molar-refractivity contribution in [3.05, 3.63) is 124 Å². The fourth-order valence-corrected chi connectivity index (χ4v) is 15.0. The van der Waals surface area contributed by atoms with Gasteiger partial charge in [-0.25, -0.2) is 0 Å². The molecule has 0 amide bonds. The molecule has 0 spiro atoms. The van der Waals surface area contributed by atoms with Crippen LogP contribution in [0.2, 0.25) is 0 Å². The Morgan fingerprint density at radius 3 is 1.11 bits per heavy atom. The molecule has 3 aromatic carbocycles. The van der Waals surface area contributed by atoms with Gasteiger partial charge in [0.25, 0.3) is 0 Å². The van der Waals surface area contributed by atoms with Crippen molar-refractivity contribution < 1.29 is 21.8 Å². The second-order valence-electron chi connectivity index (χ2n) is 7.90. The maximum atomic E-state index is 2.53. The van der Waals surface area contributed by atoms with E-state index >= 15 is 0 Å². The topological polar surface area (TPSA) is 0 Å². The molecule has 0 saturated heterocycles. The molecule has 0 fully saturated rings. The summed E-state index contributed by atoms with van der Waals surface area (Å²) in [7, 11) is 0. The Morgan fingerprint density at radius 2 is 0.750 bits per heavy atom. The normalized spacial score (nSPS) is 22.9. The molecule has 3 atom stereocenters. The Labute approximate surface area is 174 Å². The predicted molar refractivity (Wildman–Crippen MR) is 115 cm³/mol. The van der Waals surface area contributed by atoms with Gasteiger partial charge in [0, 0.05) is 0 Å². The molecule has 0 bridgehead atoms. The van der Waals surface area contributed by atoms with Crippen LogP contribution < -0.4 is 0 Å². The van der Waals surface area contributed by atoms with Crippen molar-refractivity contribution in [2.24, 2.45) is 0 Å². The van der Waals surface area contributed by atoms with Gasteiger partial charge in [-0.3, -0.25) is 0 Å². The third-order valence-corrected chi connectivity index (χ3v) is 15.5. The molecule has 0 N–H and O–H groups in total. The van der Waals surface area contributed by atoms with Crippen LogP contribution in [-0.2, 0) is 21.8 Å². The van der Waals surface area contributed by atoms with Crippen molar-refractivity contribution in [3.63, 3.8) is 0 Å². The van der Waals surface area contributed by atoms with E-state index in [1.54, 1.807) is 16.7 Å². The van der Waals surface area contributed by atoms with Crippen molar-refractivity contribution in [2.45, 2.75) is 10.9 Å². The van der Waals surface area contributed by atoms with Crippen LogP contribution in [0.1, 0.15) is 44.3 Å². The molecule has 0 radical (unpaired) electrons. The number of hydrogen-bond acceptors (Lipinski definition) is 0. The van der Waals surface area contributed by atoms with Crippen molar-refractivity contribution in [1.82, 2.24) is 0 Å². The molecule has 0 heterocycles. The Bertz CT molecular complexity index is 1000. The average Bonchev–Trinajstić information content (AvgIpc) is 3.47. The minimum atomic E-state index is -2.13. The van der Waals surface area contributed by atoms with Gasteiger partial charge in [0.15, 0.2) is 0 Å². The summed E-state index contributed by atoms with van der Waals surface area (Å²) in [6.45, 7) is 0. The number of hydrogen-bond donors (Lipinski definition) is 0. The van der Waals surface area contributed by atoms with E-state index in [0.717, 1.165) is 0 Å². The molecular formula is C27H21Zr. The number of allylic oxidation sites excluding steroid dienone is 3. The molecule has 1 heteroatoms. The van der Waals surface area contributed by atoms with Crippen LogP contribution >= 0.6 is 0 Å². The molecule has 3 aromatic rings. The molecule has 0 saturated carbocycles. The van der Waals surface area contributed by atoms with Crippen LogP contribution in [0.25, 0.3) is 18.2 Å². The van der Waals surface area contributed by atoms with Crippen LogP contribution in [0.3, 0.4) is 0 Å². The van der Waals surface area contributed by atoms with Crippen LogP contribution in [0.5, 0.6) is 0 Å². The van der Waals surface area contributed by atoms with Crippen LogP contribution in [0.15, 0.2) is 91.0 Å². The third-order valence-electron chi connectivity index (χ3n) is 6.48. The quantitative estimate of drug-likeness (QED) is 0.418. The molecule has 3 unspecified atom stereocenters. The van der Waals surface area contributed by atoms with E-state index in [1.807, 2.05) is 0 Å². The Kier molecular flexibility index (Phi) is 3.98. The molecule has 0 nitrogen and oxygen atoms in total. The summed E-state index contributed by atoms with van der Waals surface area (Å²) in [5.41, 5.74) is 8.97.